The minimum atomic E-state index is -2.04. The lowest BCUT2D eigenvalue weighted by molar-refractivity contribution is -0.287. The molecule has 0 aromatic rings. The number of hydrogen-bond donors (Lipinski definition) is 7. The minimum absolute atomic E-state index is 0.0199. The van der Waals surface area contributed by atoms with E-state index in [1.54, 1.807) is 20.8 Å². The van der Waals surface area contributed by atoms with Crippen LogP contribution in [-0.4, -0.2) is 88.7 Å². The summed E-state index contributed by atoms with van der Waals surface area (Å²) in [6.45, 7) is 6.36. The molecule has 1 spiro atoms. The number of fused-ring (bicyclic) bond motifs is 4. The first kappa shape index (κ1) is 19.6. The van der Waals surface area contributed by atoms with E-state index in [0.717, 1.165) is 0 Å². The first-order valence-electron chi connectivity index (χ1n) is 10.2. The van der Waals surface area contributed by atoms with Crippen molar-refractivity contribution in [3.8, 4) is 0 Å². The Morgan fingerprint density at radius 2 is 1.46 bits per heavy atom. The molecule has 0 radical (unpaired) electrons. The minimum Gasteiger partial charge on any atom is -0.392 e. The molecular weight excluding hydrogens is 368 g/mol. The third-order valence-corrected chi connectivity index (χ3v) is 9.74. The highest BCUT2D eigenvalue weighted by molar-refractivity contribution is 5.37. The lowest BCUT2D eigenvalue weighted by Gasteiger charge is -2.58. The Bertz CT molecular complexity index is 736. The molecule has 1 heterocycles. The standard InChI is InChI=1S/C20H32O8/c1-15(2)14-9(28-14)10-17(4,25)19(26)6-5-8-11(21)18(19,7-16(8,3)24)12(22)13(23)20(10,15)27/h8-14,21-27H,5-7H2,1-4H3/t8-,9-,10-,11-,12+,13-,14-,16+,17-,18?,19+,20-/m0/s1. The molecular formula is C20H32O8. The van der Waals surface area contributed by atoms with Crippen molar-refractivity contribution in [2.75, 3.05) is 0 Å². The molecule has 28 heavy (non-hydrogen) atoms. The second kappa shape index (κ2) is 4.78. The number of rotatable bonds is 0. The topological polar surface area (TPSA) is 154 Å². The summed E-state index contributed by atoms with van der Waals surface area (Å²) in [5, 5.41) is 80.4. The maximum atomic E-state index is 12.0. The second-order valence-electron chi connectivity index (χ2n) is 11.1. The number of aliphatic hydroxyl groups is 7. The van der Waals surface area contributed by atoms with Gasteiger partial charge < -0.3 is 40.5 Å². The summed E-state index contributed by atoms with van der Waals surface area (Å²) >= 11 is 0. The van der Waals surface area contributed by atoms with Crippen molar-refractivity contribution < 1.29 is 40.5 Å². The fourth-order valence-corrected chi connectivity index (χ4v) is 8.16. The largest absolute Gasteiger partial charge is 0.392 e. The van der Waals surface area contributed by atoms with Crippen molar-refractivity contribution >= 4 is 0 Å². The van der Waals surface area contributed by atoms with E-state index in [2.05, 4.69) is 0 Å². The molecule has 8 nitrogen and oxygen atoms in total. The zero-order valence-electron chi connectivity index (χ0n) is 16.7. The molecule has 1 aliphatic heterocycles. The molecule has 0 aromatic carbocycles. The van der Waals surface area contributed by atoms with E-state index in [9.17, 15) is 35.7 Å². The van der Waals surface area contributed by atoms with Crippen molar-refractivity contribution in [1.82, 2.24) is 0 Å². The van der Waals surface area contributed by atoms with Gasteiger partial charge in [-0.15, -0.1) is 0 Å². The molecule has 1 saturated heterocycles. The van der Waals surface area contributed by atoms with Crippen LogP contribution in [0.5, 0.6) is 0 Å². The molecule has 0 amide bonds. The monoisotopic (exact) mass is 400 g/mol. The van der Waals surface area contributed by atoms with E-state index in [0.29, 0.717) is 0 Å². The smallest absolute Gasteiger partial charge is 0.110 e. The van der Waals surface area contributed by atoms with Crippen LogP contribution in [0.2, 0.25) is 0 Å². The van der Waals surface area contributed by atoms with Gasteiger partial charge in [0.15, 0.2) is 0 Å². The molecule has 160 valence electrons. The third-order valence-electron chi connectivity index (χ3n) is 9.74. The number of epoxide rings is 1. The first-order valence-corrected chi connectivity index (χ1v) is 10.2. The third kappa shape index (κ3) is 1.61. The van der Waals surface area contributed by atoms with E-state index in [-0.39, 0.29) is 19.3 Å². The highest BCUT2D eigenvalue weighted by Crippen LogP contribution is 2.73. The molecule has 5 fully saturated rings. The van der Waals surface area contributed by atoms with Gasteiger partial charge in [-0.3, -0.25) is 0 Å². The van der Waals surface area contributed by atoms with Gasteiger partial charge >= 0.3 is 0 Å². The van der Waals surface area contributed by atoms with Gasteiger partial charge in [-0.2, -0.15) is 0 Å². The van der Waals surface area contributed by atoms with Gasteiger partial charge in [0.25, 0.3) is 0 Å². The molecule has 5 rings (SSSR count). The Morgan fingerprint density at radius 1 is 0.857 bits per heavy atom. The molecule has 7 N–H and O–H groups in total. The summed E-state index contributed by atoms with van der Waals surface area (Å²) in [5.74, 6) is -1.68. The van der Waals surface area contributed by atoms with Gasteiger partial charge in [0.2, 0.25) is 0 Å². The Balaban J connectivity index is 1.79. The molecule has 4 aliphatic carbocycles. The Morgan fingerprint density at radius 3 is 2.07 bits per heavy atom. The maximum Gasteiger partial charge on any atom is 0.110 e. The average Bonchev–Trinajstić information content (AvgIpc) is 3.30. The fourth-order valence-electron chi connectivity index (χ4n) is 8.16. The normalized spacial score (nSPS) is 69.3. The SMILES string of the molecule is CC1(C)[C@H]2O[C@H]2[C@@H]2[C@]1(O)[C@@H](O)[C@@H](O)C13C[C@@](C)(O)[C@@H](CC[C@@]1(O)[C@@]2(C)O)[C@@H]3O. The van der Waals surface area contributed by atoms with Crippen molar-refractivity contribution in [3.05, 3.63) is 0 Å². The van der Waals surface area contributed by atoms with Crippen molar-refractivity contribution in [1.29, 1.82) is 0 Å². The number of hydrogen-bond acceptors (Lipinski definition) is 8. The van der Waals surface area contributed by atoms with Crippen LogP contribution in [-0.2, 0) is 4.74 Å². The van der Waals surface area contributed by atoms with Crippen molar-refractivity contribution in [3.63, 3.8) is 0 Å². The van der Waals surface area contributed by atoms with Gasteiger partial charge in [-0.25, -0.2) is 0 Å². The van der Waals surface area contributed by atoms with Gasteiger partial charge in [-0.05, 0) is 33.1 Å². The fraction of sp³-hybridized carbons (Fsp3) is 1.00. The van der Waals surface area contributed by atoms with Crippen LogP contribution >= 0.6 is 0 Å². The summed E-state index contributed by atoms with van der Waals surface area (Å²) in [7, 11) is 0. The van der Waals surface area contributed by atoms with Gasteiger partial charge in [0, 0.05) is 11.3 Å². The molecule has 1 unspecified atom stereocenters. The van der Waals surface area contributed by atoms with E-state index in [1.165, 1.54) is 6.92 Å². The summed E-state index contributed by atoms with van der Waals surface area (Å²) < 4.78 is 5.71. The summed E-state index contributed by atoms with van der Waals surface area (Å²) in [6.07, 6.45) is -5.77. The predicted molar refractivity (Wildman–Crippen MR) is 94.9 cm³/mol. The van der Waals surface area contributed by atoms with Crippen LogP contribution in [0.1, 0.15) is 47.0 Å². The summed E-state index contributed by atoms with van der Waals surface area (Å²) in [6, 6.07) is 0. The zero-order valence-corrected chi connectivity index (χ0v) is 16.7. The second-order valence-corrected chi connectivity index (χ2v) is 11.1. The lowest BCUT2D eigenvalue weighted by atomic mass is 9.53. The van der Waals surface area contributed by atoms with Gasteiger partial charge in [-0.1, -0.05) is 13.8 Å². The molecule has 2 bridgehead atoms. The lowest BCUT2D eigenvalue weighted by Crippen LogP contribution is -2.72. The first-order chi connectivity index (χ1) is 12.6. The van der Waals surface area contributed by atoms with Crippen LogP contribution < -0.4 is 0 Å². The average molecular weight is 400 g/mol. The van der Waals surface area contributed by atoms with Crippen LogP contribution in [0.4, 0.5) is 0 Å². The van der Waals surface area contributed by atoms with Crippen molar-refractivity contribution in [2.24, 2.45) is 22.7 Å². The summed E-state index contributed by atoms with van der Waals surface area (Å²) in [4.78, 5) is 0. The van der Waals surface area contributed by atoms with Crippen LogP contribution in [0.15, 0.2) is 0 Å². The molecule has 8 heteroatoms. The molecule has 12 atom stereocenters. The number of aliphatic hydroxyl groups excluding tert-OH is 3. The van der Waals surface area contributed by atoms with Crippen LogP contribution in [0, 0.1) is 22.7 Å². The highest BCUT2D eigenvalue weighted by Gasteiger charge is 2.88. The van der Waals surface area contributed by atoms with Gasteiger partial charge in [0.05, 0.1) is 47.0 Å². The predicted octanol–water partition coefficient (Wildman–Crippen LogP) is -1.73. The molecule has 5 aliphatic rings. The Hall–Kier alpha value is -0.320. The maximum absolute atomic E-state index is 12.0. The van der Waals surface area contributed by atoms with E-state index in [1.807, 2.05) is 0 Å². The molecule has 0 aromatic heterocycles. The zero-order chi connectivity index (χ0) is 20.9. The van der Waals surface area contributed by atoms with E-state index >= 15 is 0 Å². The van der Waals surface area contributed by atoms with E-state index < -0.39 is 75.6 Å². The Kier molecular flexibility index (Phi) is 3.35. The van der Waals surface area contributed by atoms with Crippen LogP contribution in [0.3, 0.4) is 0 Å². The van der Waals surface area contributed by atoms with Gasteiger partial charge in [0.1, 0.15) is 17.3 Å². The quantitative estimate of drug-likeness (QED) is 0.237. The Labute approximate surface area is 163 Å². The molecule has 4 saturated carbocycles. The highest BCUT2D eigenvalue weighted by atomic mass is 16.6. The van der Waals surface area contributed by atoms with Crippen molar-refractivity contribution in [2.45, 2.75) is 99.9 Å². The van der Waals surface area contributed by atoms with E-state index in [4.69, 9.17) is 4.74 Å². The number of ether oxygens (including phenoxy) is 1. The van der Waals surface area contributed by atoms with Crippen LogP contribution in [0.25, 0.3) is 0 Å². The summed E-state index contributed by atoms with van der Waals surface area (Å²) in [5.41, 5.74) is -10.2.